The lowest BCUT2D eigenvalue weighted by Crippen LogP contribution is -2.22. The fourth-order valence-electron chi connectivity index (χ4n) is 5.00. The van der Waals surface area contributed by atoms with E-state index >= 15 is 0 Å². The van der Waals surface area contributed by atoms with Crippen molar-refractivity contribution in [3.63, 3.8) is 0 Å². The number of hydrogen-bond acceptors (Lipinski definition) is 7. The summed E-state index contributed by atoms with van der Waals surface area (Å²) in [4.78, 5) is 25.6. The maximum Gasteiger partial charge on any atom is 0.280 e. The zero-order valence-electron chi connectivity index (χ0n) is 15.1. The van der Waals surface area contributed by atoms with Gasteiger partial charge in [0, 0.05) is 24.4 Å². The molecule has 0 N–H and O–H groups in total. The molecule has 7 rings (SSSR count). The third-order valence-corrected chi connectivity index (χ3v) is 6.75. The molecule has 0 amide bonds. The largest absolute Gasteiger partial charge is 0.487 e. The van der Waals surface area contributed by atoms with Crippen LogP contribution in [-0.4, -0.2) is 35.3 Å². The number of benzene rings is 1. The van der Waals surface area contributed by atoms with E-state index in [9.17, 15) is 4.79 Å². The van der Waals surface area contributed by atoms with E-state index in [-0.39, 0.29) is 29.5 Å². The van der Waals surface area contributed by atoms with Gasteiger partial charge >= 0.3 is 0 Å². The van der Waals surface area contributed by atoms with Gasteiger partial charge in [-0.2, -0.15) is 4.98 Å². The molecule has 2 fully saturated rings. The Hall–Kier alpha value is -3.20. The van der Waals surface area contributed by atoms with Gasteiger partial charge < -0.3 is 13.8 Å². The van der Waals surface area contributed by atoms with E-state index in [1.807, 2.05) is 12.1 Å². The first-order chi connectivity index (χ1) is 14.1. The lowest BCUT2D eigenvalue weighted by molar-refractivity contribution is 0.250. The Morgan fingerprint density at radius 1 is 1.28 bits per heavy atom. The minimum absolute atomic E-state index is 0.0621. The van der Waals surface area contributed by atoms with Gasteiger partial charge in [-0.25, -0.2) is 9.97 Å². The second kappa shape index (κ2) is 4.85. The quantitative estimate of drug-likeness (QED) is 0.508. The monoisotopic (exact) mass is 408 g/mol. The van der Waals surface area contributed by atoms with Gasteiger partial charge in [-0.15, -0.1) is 0 Å². The number of hydrogen-bond donors (Lipinski definition) is 0. The first kappa shape index (κ1) is 15.7. The Balaban J connectivity index is 1.20. The Morgan fingerprint density at radius 2 is 2.14 bits per heavy atom. The first-order valence-corrected chi connectivity index (χ1v) is 9.63. The number of aryl methyl sites for hydroxylation is 1. The van der Waals surface area contributed by atoms with E-state index in [2.05, 4.69) is 26.2 Å². The highest BCUT2D eigenvalue weighted by molar-refractivity contribution is 6.32. The molecule has 4 heterocycles. The maximum atomic E-state index is 12.7. The van der Waals surface area contributed by atoms with Crippen molar-refractivity contribution in [3.05, 3.63) is 63.5 Å². The number of imidazole rings is 1. The summed E-state index contributed by atoms with van der Waals surface area (Å²) >= 11 is 6.26. The van der Waals surface area contributed by atoms with Crippen molar-refractivity contribution in [1.82, 2.24) is 29.2 Å². The van der Waals surface area contributed by atoms with Crippen LogP contribution in [0.2, 0.25) is 5.02 Å². The number of nitrogens with zero attached hydrogens (tertiary/aromatic N) is 6. The lowest BCUT2D eigenvalue weighted by Gasteiger charge is -2.07. The van der Waals surface area contributed by atoms with Gasteiger partial charge in [0.05, 0.1) is 16.8 Å². The van der Waals surface area contributed by atoms with Crippen LogP contribution in [0.15, 0.2) is 40.2 Å². The van der Waals surface area contributed by atoms with Crippen LogP contribution in [0, 0.1) is 5.92 Å². The molecule has 0 radical (unpaired) electrons. The van der Waals surface area contributed by atoms with Crippen molar-refractivity contribution >= 4 is 22.8 Å². The van der Waals surface area contributed by atoms with Gasteiger partial charge in [0.25, 0.3) is 5.56 Å². The molecule has 2 saturated carbocycles. The van der Waals surface area contributed by atoms with Crippen LogP contribution < -0.4 is 10.3 Å². The van der Waals surface area contributed by atoms with Gasteiger partial charge in [0.1, 0.15) is 24.7 Å². The Kier molecular flexibility index (Phi) is 2.63. The maximum absolute atomic E-state index is 12.7. The van der Waals surface area contributed by atoms with Gasteiger partial charge in [-0.05, 0) is 6.07 Å². The van der Waals surface area contributed by atoms with Crippen LogP contribution in [-0.2, 0) is 19.0 Å². The SMILES string of the molecule is Cn1cnc2ncn(Cc3nc([C@H]4C5[C@@H]6Oc7c(Cl)cccc7C564)no3)c(=O)c21. The Bertz CT molecular complexity index is 1410. The highest BCUT2D eigenvalue weighted by atomic mass is 35.5. The summed E-state index contributed by atoms with van der Waals surface area (Å²) in [6.45, 7) is 0.159. The fraction of sp³-hybridized carbons (Fsp3) is 0.316. The number of halogens is 1. The molecule has 144 valence electrons. The molecular formula is C19H13ClN6O3. The molecule has 10 heteroatoms. The minimum atomic E-state index is -0.199. The number of fused-ring (bicyclic) bond motifs is 3. The van der Waals surface area contributed by atoms with Gasteiger partial charge in [0.15, 0.2) is 17.0 Å². The average Bonchev–Trinajstić information content (AvgIpc) is 3.31. The number of ether oxygens (including phenoxy) is 1. The molecule has 4 aromatic rings. The second-order valence-corrected chi connectivity index (χ2v) is 8.25. The molecule has 1 aliphatic heterocycles. The van der Waals surface area contributed by atoms with E-state index in [1.54, 1.807) is 17.9 Å². The summed E-state index contributed by atoms with van der Waals surface area (Å²) in [5, 5.41) is 4.82. The predicted octanol–water partition coefficient (Wildman–Crippen LogP) is 1.64. The topological polar surface area (TPSA) is 101 Å². The van der Waals surface area contributed by atoms with E-state index in [4.69, 9.17) is 20.9 Å². The third-order valence-electron chi connectivity index (χ3n) is 6.45. The third kappa shape index (κ3) is 1.75. The van der Waals surface area contributed by atoms with Gasteiger partial charge in [0.2, 0.25) is 5.89 Å². The van der Waals surface area contributed by atoms with Crippen LogP contribution in [0.1, 0.15) is 23.2 Å². The van der Waals surface area contributed by atoms with E-state index in [0.717, 1.165) is 11.3 Å². The van der Waals surface area contributed by atoms with Crippen molar-refractivity contribution < 1.29 is 9.26 Å². The standard InChI is InChI=1S/C19H13ClN6O3/c1-25-6-21-17-13(25)18(27)26(7-22-17)5-10-23-16(24-29-10)12-11-15-19(11,12)8-3-2-4-9(20)14(8)28-15/h2-4,6-7,11-12,15H,5H2,1H3/t11?,12-,15+,19?/m1/s1. The molecule has 3 aliphatic rings. The van der Waals surface area contributed by atoms with Crippen molar-refractivity contribution in [1.29, 1.82) is 0 Å². The number of aromatic nitrogens is 6. The molecule has 2 aliphatic carbocycles. The van der Waals surface area contributed by atoms with E-state index in [0.29, 0.717) is 33.8 Å². The summed E-state index contributed by atoms with van der Waals surface area (Å²) in [5.74, 6) is 2.34. The minimum Gasteiger partial charge on any atom is -0.487 e. The molecule has 29 heavy (non-hydrogen) atoms. The summed E-state index contributed by atoms with van der Waals surface area (Å²) in [6.07, 6.45) is 3.17. The van der Waals surface area contributed by atoms with Gasteiger partial charge in [-0.3, -0.25) is 9.36 Å². The van der Waals surface area contributed by atoms with Crippen molar-refractivity contribution in [2.75, 3.05) is 0 Å². The second-order valence-electron chi connectivity index (χ2n) is 7.84. The van der Waals surface area contributed by atoms with Crippen molar-refractivity contribution in [3.8, 4) is 5.75 Å². The number of para-hydroxylation sites is 1. The summed E-state index contributed by atoms with van der Waals surface area (Å²) in [6, 6.07) is 5.85. The van der Waals surface area contributed by atoms with Crippen molar-refractivity contribution in [2.24, 2.45) is 13.0 Å². The number of rotatable bonds is 3. The van der Waals surface area contributed by atoms with E-state index < -0.39 is 0 Å². The first-order valence-electron chi connectivity index (χ1n) is 9.25. The summed E-state index contributed by atoms with van der Waals surface area (Å²) in [7, 11) is 1.76. The Labute approximate surface area is 167 Å². The van der Waals surface area contributed by atoms with Crippen LogP contribution >= 0.6 is 11.6 Å². The lowest BCUT2D eigenvalue weighted by atomic mass is 9.96. The summed E-state index contributed by atoms with van der Waals surface area (Å²) in [5.41, 5.74) is 1.73. The van der Waals surface area contributed by atoms with Crippen LogP contribution in [0.5, 0.6) is 5.75 Å². The molecule has 9 nitrogen and oxygen atoms in total. The Morgan fingerprint density at radius 3 is 3.03 bits per heavy atom. The molecule has 0 saturated heterocycles. The summed E-state index contributed by atoms with van der Waals surface area (Å²) < 4.78 is 14.5. The molecule has 0 bridgehead atoms. The average molecular weight is 409 g/mol. The molecule has 3 aromatic heterocycles. The molecule has 1 spiro atoms. The zero-order chi connectivity index (χ0) is 19.5. The fourth-order valence-corrected chi connectivity index (χ4v) is 5.22. The smallest absolute Gasteiger partial charge is 0.280 e. The highest BCUT2D eigenvalue weighted by Crippen LogP contribution is 2.88. The molecular weight excluding hydrogens is 396 g/mol. The van der Waals surface area contributed by atoms with Crippen molar-refractivity contribution in [2.45, 2.75) is 24.0 Å². The van der Waals surface area contributed by atoms with Crippen LogP contribution in [0.3, 0.4) is 0 Å². The predicted molar refractivity (Wildman–Crippen MR) is 99.9 cm³/mol. The molecule has 2 unspecified atom stereocenters. The normalized spacial score (nSPS) is 28.0. The van der Waals surface area contributed by atoms with Crippen LogP contribution in [0.25, 0.3) is 11.2 Å². The zero-order valence-corrected chi connectivity index (χ0v) is 15.9. The molecule has 4 atom stereocenters. The van der Waals surface area contributed by atoms with E-state index in [1.165, 1.54) is 10.9 Å². The molecule has 1 aromatic carbocycles. The van der Waals surface area contributed by atoms with Gasteiger partial charge in [-0.1, -0.05) is 28.9 Å². The van der Waals surface area contributed by atoms with Crippen LogP contribution in [0.4, 0.5) is 0 Å². The highest BCUT2D eigenvalue weighted by Gasteiger charge is 2.93.